The first-order valence-electron chi connectivity index (χ1n) is 8.35. The van der Waals surface area contributed by atoms with Gasteiger partial charge in [0, 0.05) is 17.3 Å². The molecule has 0 aliphatic rings. The van der Waals surface area contributed by atoms with Crippen molar-refractivity contribution in [1.82, 2.24) is 4.57 Å². The van der Waals surface area contributed by atoms with Crippen LogP contribution in [0.5, 0.6) is 5.75 Å². The fraction of sp³-hybridized carbons (Fsp3) is 0.350. The first kappa shape index (κ1) is 15.6. The third-order valence-corrected chi connectivity index (χ3v) is 4.41. The summed E-state index contributed by atoms with van der Waals surface area (Å²) in [5.41, 5.74) is 2.09. The lowest BCUT2D eigenvalue weighted by Crippen LogP contribution is -2.12. The van der Waals surface area contributed by atoms with E-state index in [1.165, 1.54) is 19.3 Å². The molecule has 0 aliphatic carbocycles. The van der Waals surface area contributed by atoms with Crippen molar-refractivity contribution in [3.05, 3.63) is 52.7 Å². The van der Waals surface area contributed by atoms with E-state index in [0.29, 0.717) is 0 Å². The monoisotopic (exact) mass is 309 g/mol. The molecule has 0 amide bonds. The fourth-order valence-corrected chi connectivity index (χ4v) is 3.17. The van der Waals surface area contributed by atoms with Crippen LogP contribution in [0.15, 0.2) is 47.3 Å². The summed E-state index contributed by atoms with van der Waals surface area (Å²) < 4.78 is 7.57. The van der Waals surface area contributed by atoms with Gasteiger partial charge in [0.25, 0.3) is 0 Å². The smallest absolute Gasteiger partial charge is 0.197 e. The molecule has 0 atom stereocenters. The van der Waals surface area contributed by atoms with Gasteiger partial charge in [-0.2, -0.15) is 0 Å². The van der Waals surface area contributed by atoms with Crippen molar-refractivity contribution in [3.8, 4) is 5.75 Å². The van der Waals surface area contributed by atoms with Crippen LogP contribution in [-0.2, 0) is 6.54 Å². The normalized spacial score (nSPS) is 11.2. The Balaban J connectivity index is 2.20. The van der Waals surface area contributed by atoms with Crippen LogP contribution in [0, 0.1) is 0 Å². The summed E-state index contributed by atoms with van der Waals surface area (Å²) in [5.74, 6) is 0.724. The molecular weight excluding hydrogens is 286 g/mol. The molecule has 0 unspecified atom stereocenters. The molecule has 0 saturated heterocycles. The molecular formula is C20H23NO2. The predicted molar refractivity (Wildman–Crippen MR) is 96.4 cm³/mol. The summed E-state index contributed by atoms with van der Waals surface area (Å²) in [6, 6.07) is 13.7. The van der Waals surface area contributed by atoms with E-state index in [1.54, 1.807) is 7.11 Å². The van der Waals surface area contributed by atoms with Crippen molar-refractivity contribution in [2.75, 3.05) is 7.11 Å². The number of rotatable bonds is 6. The van der Waals surface area contributed by atoms with Gasteiger partial charge in [0.15, 0.2) is 5.43 Å². The van der Waals surface area contributed by atoms with Gasteiger partial charge in [-0.25, -0.2) is 0 Å². The molecule has 23 heavy (non-hydrogen) atoms. The van der Waals surface area contributed by atoms with E-state index in [1.807, 2.05) is 42.5 Å². The number of methoxy groups -OCH3 is 1. The summed E-state index contributed by atoms with van der Waals surface area (Å²) >= 11 is 0. The van der Waals surface area contributed by atoms with Crippen molar-refractivity contribution < 1.29 is 4.74 Å². The molecule has 0 bridgehead atoms. The summed E-state index contributed by atoms with van der Waals surface area (Å²) in [6.07, 6.45) is 4.82. The van der Waals surface area contributed by atoms with Gasteiger partial charge in [-0.3, -0.25) is 4.79 Å². The number of aromatic nitrogens is 1. The van der Waals surface area contributed by atoms with Crippen LogP contribution in [0.2, 0.25) is 0 Å². The Labute approximate surface area is 136 Å². The average Bonchev–Trinajstić information content (AvgIpc) is 2.60. The third kappa shape index (κ3) is 2.96. The predicted octanol–water partition coefficient (Wildman–Crippen LogP) is 4.74. The minimum Gasteiger partial charge on any atom is -0.497 e. The second kappa shape index (κ2) is 6.86. The number of aryl methyl sites for hydroxylation is 1. The Morgan fingerprint density at radius 3 is 2.52 bits per heavy atom. The van der Waals surface area contributed by atoms with Gasteiger partial charge in [-0.1, -0.05) is 38.3 Å². The number of nitrogens with zero attached hydrogens (tertiary/aromatic N) is 1. The summed E-state index contributed by atoms with van der Waals surface area (Å²) in [5, 5.41) is 1.52. The first-order chi connectivity index (χ1) is 11.3. The van der Waals surface area contributed by atoms with Crippen molar-refractivity contribution >= 4 is 21.8 Å². The highest BCUT2D eigenvalue weighted by Gasteiger charge is 2.11. The van der Waals surface area contributed by atoms with Gasteiger partial charge in [0.2, 0.25) is 0 Å². The molecule has 120 valence electrons. The lowest BCUT2D eigenvalue weighted by molar-refractivity contribution is 0.415. The van der Waals surface area contributed by atoms with Crippen molar-refractivity contribution in [2.45, 2.75) is 39.2 Å². The Bertz CT molecular complexity index is 880. The zero-order valence-corrected chi connectivity index (χ0v) is 13.8. The van der Waals surface area contributed by atoms with Gasteiger partial charge >= 0.3 is 0 Å². The van der Waals surface area contributed by atoms with Crippen LogP contribution >= 0.6 is 0 Å². The molecule has 3 rings (SSSR count). The van der Waals surface area contributed by atoms with E-state index in [-0.39, 0.29) is 5.43 Å². The highest BCUT2D eigenvalue weighted by Crippen LogP contribution is 2.23. The molecule has 0 aliphatic heterocycles. The zero-order chi connectivity index (χ0) is 16.2. The fourth-order valence-electron chi connectivity index (χ4n) is 3.17. The molecule has 1 aromatic heterocycles. The van der Waals surface area contributed by atoms with Crippen LogP contribution in [0.3, 0.4) is 0 Å². The van der Waals surface area contributed by atoms with Gasteiger partial charge in [0.05, 0.1) is 18.1 Å². The Morgan fingerprint density at radius 1 is 0.957 bits per heavy atom. The number of benzene rings is 2. The average molecular weight is 309 g/mol. The van der Waals surface area contributed by atoms with Crippen molar-refractivity contribution in [2.24, 2.45) is 0 Å². The molecule has 0 spiro atoms. The quantitative estimate of drug-likeness (QED) is 0.486. The number of hydrogen-bond donors (Lipinski definition) is 0. The number of unbranched alkanes of at least 4 members (excludes halogenated alkanes) is 3. The van der Waals surface area contributed by atoms with Crippen molar-refractivity contribution in [1.29, 1.82) is 0 Å². The molecule has 0 fully saturated rings. The topological polar surface area (TPSA) is 31.2 Å². The largest absolute Gasteiger partial charge is 0.497 e. The number of fused-ring (bicyclic) bond motifs is 2. The Kier molecular flexibility index (Phi) is 4.65. The van der Waals surface area contributed by atoms with Gasteiger partial charge in [-0.15, -0.1) is 0 Å². The van der Waals surface area contributed by atoms with Crippen LogP contribution in [0.25, 0.3) is 21.8 Å². The number of hydrogen-bond acceptors (Lipinski definition) is 2. The SMILES string of the molecule is CCCCCCn1c2ccccc2c(=O)c2cc(OC)ccc21. The van der Waals surface area contributed by atoms with Crippen LogP contribution in [-0.4, -0.2) is 11.7 Å². The molecule has 3 nitrogen and oxygen atoms in total. The maximum absolute atomic E-state index is 12.8. The summed E-state index contributed by atoms with van der Waals surface area (Å²) in [6.45, 7) is 3.15. The molecule has 1 heterocycles. The van der Waals surface area contributed by atoms with Gasteiger partial charge < -0.3 is 9.30 Å². The second-order valence-electron chi connectivity index (χ2n) is 5.94. The first-order valence-corrected chi connectivity index (χ1v) is 8.35. The summed E-state index contributed by atoms with van der Waals surface area (Å²) in [7, 11) is 1.63. The molecule has 0 saturated carbocycles. The standard InChI is InChI=1S/C20H23NO2/c1-3-4-5-8-13-21-18-10-7-6-9-16(18)20(22)17-14-15(23-2)11-12-19(17)21/h6-7,9-12,14H,3-5,8,13H2,1-2H3. The molecule has 0 radical (unpaired) electrons. The van der Waals surface area contributed by atoms with Crippen LogP contribution in [0.4, 0.5) is 0 Å². The number of para-hydroxylation sites is 1. The van der Waals surface area contributed by atoms with E-state index >= 15 is 0 Å². The lowest BCUT2D eigenvalue weighted by atomic mass is 10.1. The molecule has 0 N–H and O–H groups in total. The zero-order valence-electron chi connectivity index (χ0n) is 13.8. The van der Waals surface area contributed by atoms with Crippen LogP contribution in [0.1, 0.15) is 32.6 Å². The third-order valence-electron chi connectivity index (χ3n) is 4.41. The molecule has 3 aromatic rings. The van der Waals surface area contributed by atoms with Gasteiger partial charge in [-0.05, 0) is 36.8 Å². The minimum absolute atomic E-state index is 0.0827. The second-order valence-corrected chi connectivity index (χ2v) is 5.94. The minimum atomic E-state index is 0.0827. The van der Waals surface area contributed by atoms with E-state index in [4.69, 9.17) is 4.74 Å². The Hall–Kier alpha value is -2.29. The molecule has 2 aromatic carbocycles. The summed E-state index contributed by atoms with van der Waals surface area (Å²) in [4.78, 5) is 12.8. The van der Waals surface area contributed by atoms with Crippen molar-refractivity contribution in [3.63, 3.8) is 0 Å². The van der Waals surface area contributed by atoms with E-state index in [9.17, 15) is 4.79 Å². The maximum atomic E-state index is 12.8. The Morgan fingerprint density at radius 2 is 1.74 bits per heavy atom. The van der Waals surface area contributed by atoms with E-state index < -0.39 is 0 Å². The maximum Gasteiger partial charge on any atom is 0.197 e. The van der Waals surface area contributed by atoms with E-state index in [0.717, 1.165) is 40.5 Å². The number of ether oxygens (including phenoxy) is 1. The van der Waals surface area contributed by atoms with E-state index in [2.05, 4.69) is 11.5 Å². The highest BCUT2D eigenvalue weighted by atomic mass is 16.5. The molecule has 3 heteroatoms. The van der Waals surface area contributed by atoms with Crippen LogP contribution < -0.4 is 10.2 Å². The highest BCUT2D eigenvalue weighted by molar-refractivity contribution is 5.94. The number of pyridine rings is 1. The van der Waals surface area contributed by atoms with Gasteiger partial charge in [0.1, 0.15) is 5.75 Å². The lowest BCUT2D eigenvalue weighted by Gasteiger charge is -2.15.